The minimum Gasteiger partial charge on any atom is -0.364 e. The smallest absolute Gasteiger partial charge is 0.282 e. The molecule has 0 radical (unpaired) electrons. The summed E-state index contributed by atoms with van der Waals surface area (Å²) in [7, 11) is 0. The lowest BCUT2D eigenvalue weighted by Gasteiger charge is -2.38. The Kier molecular flexibility index (Phi) is 6.79. The van der Waals surface area contributed by atoms with Gasteiger partial charge in [0.1, 0.15) is 23.2 Å². The highest BCUT2D eigenvalue weighted by molar-refractivity contribution is 6.02. The number of nitrogens with one attached hydrogen (secondary N) is 2. The average Bonchev–Trinajstić information content (AvgIpc) is 3.57. The first-order chi connectivity index (χ1) is 19.6. The van der Waals surface area contributed by atoms with E-state index in [-0.39, 0.29) is 34.0 Å². The van der Waals surface area contributed by atoms with E-state index in [1.807, 2.05) is 0 Å². The molecule has 1 atom stereocenters. The van der Waals surface area contributed by atoms with Crippen LogP contribution in [0.4, 0.5) is 13.2 Å². The highest BCUT2D eigenvalue weighted by Gasteiger charge is 2.46. The van der Waals surface area contributed by atoms with Crippen molar-refractivity contribution in [3.63, 3.8) is 0 Å². The zero-order chi connectivity index (χ0) is 28.9. The van der Waals surface area contributed by atoms with Crippen LogP contribution in [-0.4, -0.2) is 55.8 Å². The van der Waals surface area contributed by atoms with Crippen molar-refractivity contribution < 1.29 is 27.3 Å². The number of benzene rings is 1. The number of halogens is 3. The standard InChI is InChI=1S/C29H29F3N6O3/c1-15-3-5-17(6-4-15)24(36-27(39)21-12-41-37-16(21)2)26-34-22-8-7-18(23(30)25(22)35-26)20-11-33-10-9-19(20)28(40)38-13-29(31,32)14-38/h7-12,15,17,24H,3-6,13-14H2,1-2H3,(H,34,35)(H,36,39). The molecule has 3 aromatic heterocycles. The zero-order valence-electron chi connectivity index (χ0n) is 22.6. The number of hydrogen-bond donors (Lipinski definition) is 2. The summed E-state index contributed by atoms with van der Waals surface area (Å²) >= 11 is 0. The van der Waals surface area contributed by atoms with E-state index in [4.69, 9.17) is 4.52 Å². The third-order valence-corrected chi connectivity index (χ3v) is 8.19. The molecule has 2 aliphatic rings. The summed E-state index contributed by atoms with van der Waals surface area (Å²) in [6.07, 6.45) is 7.76. The number of fused-ring (bicyclic) bond motifs is 1. The summed E-state index contributed by atoms with van der Waals surface area (Å²) in [5, 5.41) is 6.86. The van der Waals surface area contributed by atoms with Crippen LogP contribution in [0.15, 0.2) is 41.4 Å². The van der Waals surface area contributed by atoms with Crippen molar-refractivity contribution in [3.05, 3.63) is 65.3 Å². The lowest BCUT2D eigenvalue weighted by Crippen LogP contribution is -2.58. The number of H-pyrrole nitrogens is 1. The highest BCUT2D eigenvalue weighted by atomic mass is 19.3. The van der Waals surface area contributed by atoms with Gasteiger partial charge in [-0.15, -0.1) is 0 Å². The van der Waals surface area contributed by atoms with E-state index in [1.54, 1.807) is 13.0 Å². The van der Waals surface area contributed by atoms with Gasteiger partial charge >= 0.3 is 0 Å². The van der Waals surface area contributed by atoms with E-state index in [0.29, 0.717) is 28.5 Å². The van der Waals surface area contributed by atoms with Gasteiger partial charge in [0.05, 0.1) is 35.9 Å². The molecule has 1 saturated carbocycles. The molecule has 214 valence electrons. The van der Waals surface area contributed by atoms with E-state index in [1.165, 1.54) is 30.8 Å². The van der Waals surface area contributed by atoms with Gasteiger partial charge in [-0.2, -0.15) is 0 Å². The van der Waals surface area contributed by atoms with E-state index in [9.17, 15) is 18.4 Å². The van der Waals surface area contributed by atoms with Gasteiger partial charge in [0, 0.05) is 23.5 Å². The molecule has 4 aromatic rings. The Bertz CT molecular complexity index is 1620. The normalized spacial score (nSPS) is 21.0. The number of hydrogen-bond acceptors (Lipinski definition) is 6. The molecule has 1 aliphatic heterocycles. The van der Waals surface area contributed by atoms with Crippen LogP contribution in [-0.2, 0) is 0 Å². The zero-order valence-corrected chi connectivity index (χ0v) is 22.6. The van der Waals surface area contributed by atoms with Crippen LogP contribution in [0.3, 0.4) is 0 Å². The van der Waals surface area contributed by atoms with Crippen LogP contribution in [0.25, 0.3) is 22.2 Å². The molecular formula is C29H29F3N6O3. The second-order valence-corrected chi connectivity index (χ2v) is 11.2. The summed E-state index contributed by atoms with van der Waals surface area (Å²) in [5.74, 6) is -3.50. The van der Waals surface area contributed by atoms with Crippen LogP contribution in [0.1, 0.15) is 70.9 Å². The number of pyridine rings is 1. The molecule has 1 aliphatic carbocycles. The van der Waals surface area contributed by atoms with Crippen molar-refractivity contribution >= 4 is 22.8 Å². The number of aryl methyl sites for hydroxylation is 1. The quantitative estimate of drug-likeness (QED) is 0.321. The van der Waals surface area contributed by atoms with E-state index in [0.717, 1.165) is 30.6 Å². The van der Waals surface area contributed by atoms with Gasteiger partial charge in [0.25, 0.3) is 17.7 Å². The largest absolute Gasteiger partial charge is 0.364 e. The summed E-state index contributed by atoms with van der Waals surface area (Å²) < 4.78 is 47.8. The molecule has 2 fully saturated rings. The summed E-state index contributed by atoms with van der Waals surface area (Å²) in [6.45, 7) is 2.52. The fourth-order valence-electron chi connectivity index (χ4n) is 5.80. The Balaban J connectivity index is 1.35. The number of aromatic nitrogens is 4. The molecule has 0 spiro atoms. The van der Waals surface area contributed by atoms with Gasteiger partial charge in [-0.3, -0.25) is 14.6 Å². The second-order valence-electron chi connectivity index (χ2n) is 11.2. The van der Waals surface area contributed by atoms with Gasteiger partial charge in [-0.25, -0.2) is 18.2 Å². The van der Waals surface area contributed by atoms with Crippen molar-refractivity contribution in [2.45, 2.75) is 51.5 Å². The summed E-state index contributed by atoms with van der Waals surface area (Å²) in [4.78, 5) is 39.0. The monoisotopic (exact) mass is 566 g/mol. The Morgan fingerprint density at radius 3 is 2.56 bits per heavy atom. The first-order valence-electron chi connectivity index (χ1n) is 13.6. The number of amides is 2. The Labute approximate surface area is 233 Å². The maximum atomic E-state index is 16.1. The molecule has 41 heavy (non-hydrogen) atoms. The van der Waals surface area contributed by atoms with Gasteiger partial charge in [0.2, 0.25) is 0 Å². The molecule has 6 rings (SSSR count). The number of nitrogens with zero attached hydrogens (tertiary/aromatic N) is 4. The van der Waals surface area contributed by atoms with Crippen molar-refractivity contribution in [3.8, 4) is 11.1 Å². The molecule has 2 amide bonds. The molecule has 1 unspecified atom stereocenters. The number of alkyl halides is 2. The summed E-state index contributed by atoms with van der Waals surface area (Å²) in [6, 6.07) is 4.04. The van der Waals surface area contributed by atoms with Crippen molar-refractivity contribution in [1.29, 1.82) is 0 Å². The lowest BCUT2D eigenvalue weighted by atomic mass is 9.79. The number of likely N-dealkylation sites (tertiary alicyclic amines) is 1. The van der Waals surface area contributed by atoms with Crippen molar-refractivity contribution in [2.75, 3.05) is 13.1 Å². The van der Waals surface area contributed by atoms with Gasteiger partial charge < -0.3 is 19.7 Å². The summed E-state index contributed by atoms with van der Waals surface area (Å²) in [5.41, 5.74) is 1.58. The molecule has 4 heterocycles. The average molecular weight is 567 g/mol. The van der Waals surface area contributed by atoms with E-state index in [2.05, 4.69) is 32.3 Å². The third-order valence-electron chi connectivity index (χ3n) is 8.19. The van der Waals surface area contributed by atoms with Crippen LogP contribution in [0, 0.1) is 24.6 Å². The topological polar surface area (TPSA) is 117 Å². The fourth-order valence-corrected chi connectivity index (χ4v) is 5.80. The number of carbonyl (C=O) groups is 2. The maximum absolute atomic E-state index is 16.1. The number of carbonyl (C=O) groups excluding carboxylic acids is 2. The van der Waals surface area contributed by atoms with Gasteiger partial charge in [-0.1, -0.05) is 24.9 Å². The highest BCUT2D eigenvalue weighted by Crippen LogP contribution is 2.38. The first-order valence-corrected chi connectivity index (χ1v) is 13.6. The molecule has 12 heteroatoms. The Morgan fingerprint density at radius 1 is 1.12 bits per heavy atom. The molecule has 0 bridgehead atoms. The first kappa shape index (κ1) is 27.0. The van der Waals surface area contributed by atoms with Crippen LogP contribution in [0.5, 0.6) is 0 Å². The number of imidazole rings is 1. The Hall–Kier alpha value is -4.22. The van der Waals surface area contributed by atoms with E-state index < -0.39 is 36.8 Å². The molecule has 9 nitrogen and oxygen atoms in total. The molecule has 1 saturated heterocycles. The predicted molar refractivity (Wildman–Crippen MR) is 143 cm³/mol. The van der Waals surface area contributed by atoms with Crippen LogP contribution >= 0.6 is 0 Å². The SMILES string of the molecule is Cc1nocc1C(=O)NC(c1nc2c(F)c(-c3cnccc3C(=O)N3CC(F)(F)C3)ccc2[nH]1)C1CCC(C)CC1. The van der Waals surface area contributed by atoms with Gasteiger partial charge in [0.15, 0.2) is 5.82 Å². The maximum Gasteiger partial charge on any atom is 0.282 e. The lowest BCUT2D eigenvalue weighted by molar-refractivity contribution is -0.113. The fraction of sp³-hybridized carbons (Fsp3) is 0.414. The Morgan fingerprint density at radius 2 is 1.88 bits per heavy atom. The minimum absolute atomic E-state index is 0.0415. The van der Waals surface area contributed by atoms with Gasteiger partial charge in [-0.05, 0) is 49.8 Å². The second kappa shape index (κ2) is 10.3. The molecule has 1 aromatic carbocycles. The number of rotatable bonds is 6. The molecular weight excluding hydrogens is 537 g/mol. The van der Waals surface area contributed by atoms with E-state index >= 15 is 4.39 Å². The minimum atomic E-state index is -2.92. The molecule has 2 N–H and O–H groups in total. The van der Waals surface area contributed by atoms with Crippen LogP contribution < -0.4 is 5.32 Å². The van der Waals surface area contributed by atoms with Crippen LogP contribution in [0.2, 0.25) is 0 Å². The number of aromatic amines is 1. The third kappa shape index (κ3) is 5.07. The van der Waals surface area contributed by atoms with Crippen molar-refractivity contribution in [1.82, 2.24) is 30.3 Å². The van der Waals surface area contributed by atoms with Crippen molar-refractivity contribution in [2.24, 2.45) is 11.8 Å². The predicted octanol–water partition coefficient (Wildman–Crippen LogP) is 5.45.